The summed E-state index contributed by atoms with van der Waals surface area (Å²) in [6.07, 6.45) is 4.71. The molecular formula is C18H20N2O2. The number of carbonyl (C=O) groups is 1. The number of aliphatic hydroxyl groups is 1. The molecule has 4 nitrogen and oxygen atoms in total. The molecule has 22 heavy (non-hydrogen) atoms. The van der Waals surface area contributed by atoms with E-state index in [0.29, 0.717) is 19.3 Å². The van der Waals surface area contributed by atoms with Crippen LogP contribution in [0.5, 0.6) is 0 Å². The molecule has 0 saturated heterocycles. The van der Waals surface area contributed by atoms with Gasteiger partial charge in [0.2, 0.25) is 5.91 Å². The molecule has 0 radical (unpaired) electrons. The fourth-order valence-corrected chi connectivity index (χ4v) is 3.01. The smallest absolute Gasteiger partial charge is 0.220 e. The Kier molecular flexibility index (Phi) is 4.20. The average molecular weight is 296 g/mol. The third kappa shape index (κ3) is 3.17. The Hall–Kier alpha value is -2.20. The number of aliphatic hydroxyl groups excluding tert-OH is 1. The van der Waals surface area contributed by atoms with E-state index in [1.54, 1.807) is 12.4 Å². The van der Waals surface area contributed by atoms with Crippen LogP contribution >= 0.6 is 0 Å². The molecule has 2 N–H and O–H groups in total. The summed E-state index contributed by atoms with van der Waals surface area (Å²) < 4.78 is 0. The summed E-state index contributed by atoms with van der Waals surface area (Å²) in [4.78, 5) is 16.3. The maximum absolute atomic E-state index is 12.2. The number of aromatic nitrogens is 1. The number of carbonyl (C=O) groups excluding carboxylic acids is 1. The number of rotatable bonds is 4. The Morgan fingerprint density at radius 1 is 1.36 bits per heavy atom. The number of fused-ring (bicyclic) bond motifs is 1. The highest BCUT2D eigenvalue weighted by molar-refractivity contribution is 5.77. The van der Waals surface area contributed by atoms with E-state index < -0.39 is 6.10 Å². The van der Waals surface area contributed by atoms with Crippen molar-refractivity contribution in [1.82, 2.24) is 10.3 Å². The number of pyridine rings is 1. The first-order valence-electron chi connectivity index (χ1n) is 7.59. The lowest BCUT2D eigenvalue weighted by molar-refractivity contribution is -0.122. The van der Waals surface area contributed by atoms with Crippen molar-refractivity contribution in [3.8, 4) is 0 Å². The van der Waals surface area contributed by atoms with Crippen molar-refractivity contribution in [2.24, 2.45) is 0 Å². The highest BCUT2D eigenvalue weighted by Crippen LogP contribution is 2.31. The number of aryl methyl sites for hydroxylation is 2. The summed E-state index contributed by atoms with van der Waals surface area (Å²) in [6.45, 7) is 1.99. The van der Waals surface area contributed by atoms with Crippen LogP contribution in [0.4, 0.5) is 0 Å². The standard InChI is InChI=1S/C18H20N2O2/c1-12-8-13(11-19-10-12)6-7-17(22)20-18-15-5-3-2-4-14(15)9-16(18)21/h2-5,8,10-11,16,18,21H,6-7,9H2,1H3,(H,20,22)/t16-,18+/m0/s1. The molecule has 2 aromatic rings. The predicted octanol–water partition coefficient (Wildman–Crippen LogP) is 2.10. The molecule has 2 atom stereocenters. The highest BCUT2D eigenvalue weighted by Gasteiger charge is 2.31. The zero-order chi connectivity index (χ0) is 15.5. The maximum atomic E-state index is 12.2. The quantitative estimate of drug-likeness (QED) is 0.908. The van der Waals surface area contributed by atoms with Gasteiger partial charge < -0.3 is 10.4 Å². The molecule has 0 spiro atoms. The van der Waals surface area contributed by atoms with Gasteiger partial charge in [0.15, 0.2) is 0 Å². The Morgan fingerprint density at radius 2 is 2.18 bits per heavy atom. The summed E-state index contributed by atoms with van der Waals surface area (Å²) in [5.41, 5.74) is 4.30. The monoisotopic (exact) mass is 296 g/mol. The van der Waals surface area contributed by atoms with Crippen molar-refractivity contribution in [3.63, 3.8) is 0 Å². The lowest BCUT2D eigenvalue weighted by atomic mass is 10.1. The van der Waals surface area contributed by atoms with Crippen LogP contribution in [0.1, 0.15) is 34.7 Å². The maximum Gasteiger partial charge on any atom is 0.220 e. The molecule has 4 heteroatoms. The van der Waals surface area contributed by atoms with Gasteiger partial charge in [-0.1, -0.05) is 30.3 Å². The number of amides is 1. The minimum absolute atomic E-state index is 0.0396. The molecule has 114 valence electrons. The van der Waals surface area contributed by atoms with E-state index in [1.165, 1.54) is 0 Å². The molecule has 0 saturated carbocycles. The van der Waals surface area contributed by atoms with Crippen molar-refractivity contribution >= 4 is 5.91 Å². The summed E-state index contributed by atoms with van der Waals surface area (Å²) in [5.74, 6) is -0.0396. The Bertz CT molecular complexity index is 684. The van der Waals surface area contributed by atoms with Gasteiger partial charge in [-0.15, -0.1) is 0 Å². The van der Waals surface area contributed by atoms with E-state index in [2.05, 4.69) is 10.3 Å². The van der Waals surface area contributed by atoms with Crippen molar-refractivity contribution in [3.05, 3.63) is 65.0 Å². The van der Waals surface area contributed by atoms with Gasteiger partial charge in [-0.3, -0.25) is 9.78 Å². The van der Waals surface area contributed by atoms with E-state index in [4.69, 9.17) is 0 Å². The van der Waals surface area contributed by atoms with Gasteiger partial charge in [0.05, 0.1) is 12.1 Å². The van der Waals surface area contributed by atoms with E-state index in [9.17, 15) is 9.90 Å². The molecule has 1 amide bonds. The second-order valence-corrected chi connectivity index (χ2v) is 5.89. The van der Waals surface area contributed by atoms with E-state index >= 15 is 0 Å². The molecule has 1 heterocycles. The highest BCUT2D eigenvalue weighted by atomic mass is 16.3. The topological polar surface area (TPSA) is 62.2 Å². The number of benzene rings is 1. The van der Waals surface area contributed by atoms with Crippen molar-refractivity contribution in [2.75, 3.05) is 0 Å². The fourth-order valence-electron chi connectivity index (χ4n) is 3.01. The molecule has 1 aromatic heterocycles. The van der Waals surface area contributed by atoms with E-state index in [1.807, 2.05) is 37.3 Å². The van der Waals surface area contributed by atoms with Gasteiger partial charge in [0, 0.05) is 25.2 Å². The van der Waals surface area contributed by atoms with Crippen LogP contribution in [0, 0.1) is 6.92 Å². The van der Waals surface area contributed by atoms with Crippen molar-refractivity contribution in [1.29, 1.82) is 0 Å². The lowest BCUT2D eigenvalue weighted by Gasteiger charge is -2.18. The molecule has 0 bridgehead atoms. The Labute approximate surface area is 130 Å². The van der Waals surface area contributed by atoms with E-state index in [-0.39, 0.29) is 11.9 Å². The Morgan fingerprint density at radius 3 is 3.00 bits per heavy atom. The molecule has 0 aliphatic heterocycles. The van der Waals surface area contributed by atoms with Crippen LogP contribution < -0.4 is 5.32 Å². The third-order valence-electron chi connectivity index (χ3n) is 4.09. The molecule has 1 aliphatic carbocycles. The summed E-state index contributed by atoms with van der Waals surface area (Å²) in [5, 5.41) is 13.1. The molecule has 1 aromatic carbocycles. The van der Waals surface area contributed by atoms with Gasteiger partial charge in [-0.05, 0) is 35.6 Å². The SMILES string of the molecule is Cc1cncc(CCC(=O)N[C@@H]2c3ccccc3C[C@@H]2O)c1. The van der Waals surface area contributed by atoms with Crippen LogP contribution in [0.25, 0.3) is 0 Å². The number of nitrogens with zero attached hydrogens (tertiary/aromatic N) is 1. The van der Waals surface area contributed by atoms with Gasteiger partial charge in [-0.25, -0.2) is 0 Å². The summed E-state index contributed by atoms with van der Waals surface area (Å²) in [7, 11) is 0. The normalized spacial score (nSPS) is 19.7. The minimum atomic E-state index is -0.540. The number of hydrogen-bond acceptors (Lipinski definition) is 3. The van der Waals surface area contributed by atoms with Crippen LogP contribution in [-0.2, 0) is 17.6 Å². The molecule has 3 rings (SSSR count). The van der Waals surface area contributed by atoms with Gasteiger partial charge in [0.25, 0.3) is 0 Å². The van der Waals surface area contributed by atoms with Crippen molar-refractivity contribution in [2.45, 2.75) is 38.3 Å². The summed E-state index contributed by atoms with van der Waals surface area (Å²) in [6, 6.07) is 9.62. The zero-order valence-corrected chi connectivity index (χ0v) is 12.6. The summed E-state index contributed by atoms with van der Waals surface area (Å²) >= 11 is 0. The largest absolute Gasteiger partial charge is 0.390 e. The third-order valence-corrected chi connectivity index (χ3v) is 4.09. The second kappa shape index (κ2) is 6.28. The van der Waals surface area contributed by atoms with Gasteiger partial charge in [0.1, 0.15) is 0 Å². The first-order chi connectivity index (χ1) is 10.6. The molecule has 0 unspecified atom stereocenters. The average Bonchev–Trinajstić information content (AvgIpc) is 2.81. The minimum Gasteiger partial charge on any atom is -0.390 e. The van der Waals surface area contributed by atoms with Gasteiger partial charge >= 0.3 is 0 Å². The first kappa shape index (κ1) is 14.7. The number of nitrogens with one attached hydrogen (secondary N) is 1. The van der Waals surface area contributed by atoms with Crippen LogP contribution in [0.15, 0.2) is 42.7 Å². The van der Waals surface area contributed by atoms with Gasteiger partial charge in [-0.2, -0.15) is 0 Å². The van der Waals surface area contributed by atoms with E-state index in [0.717, 1.165) is 22.3 Å². The number of hydrogen-bond donors (Lipinski definition) is 2. The van der Waals surface area contributed by atoms with Crippen molar-refractivity contribution < 1.29 is 9.90 Å². The van der Waals surface area contributed by atoms with Crippen LogP contribution in [0.3, 0.4) is 0 Å². The zero-order valence-electron chi connectivity index (χ0n) is 12.6. The molecule has 1 aliphatic rings. The predicted molar refractivity (Wildman–Crippen MR) is 84.3 cm³/mol. The molecule has 0 fully saturated rings. The van der Waals surface area contributed by atoms with Crippen LogP contribution in [0.2, 0.25) is 0 Å². The fraction of sp³-hybridized carbons (Fsp3) is 0.333. The molecular weight excluding hydrogens is 276 g/mol. The van der Waals surface area contributed by atoms with Crippen LogP contribution in [-0.4, -0.2) is 22.1 Å². The Balaban J connectivity index is 1.60. The second-order valence-electron chi connectivity index (χ2n) is 5.89. The first-order valence-corrected chi connectivity index (χ1v) is 7.59. The lowest BCUT2D eigenvalue weighted by Crippen LogP contribution is -2.33.